The van der Waals surface area contributed by atoms with Crippen LogP contribution >= 0.6 is 0 Å². The topological polar surface area (TPSA) is 86.3 Å². The van der Waals surface area contributed by atoms with E-state index in [2.05, 4.69) is 27.7 Å². The molecule has 0 radical (unpaired) electrons. The molecule has 0 fully saturated rings. The van der Waals surface area contributed by atoms with E-state index < -0.39 is 0 Å². The zero-order valence-corrected chi connectivity index (χ0v) is 26.5. The average molecular weight is 660 g/mol. The van der Waals surface area contributed by atoms with Crippen LogP contribution < -0.4 is 34.0 Å². The van der Waals surface area contributed by atoms with Gasteiger partial charge in [-0.25, -0.2) is 0 Å². The molecule has 0 aliphatic rings. The Labute approximate surface area is 249 Å². The van der Waals surface area contributed by atoms with Crippen molar-refractivity contribution in [2.24, 2.45) is 0 Å². The van der Waals surface area contributed by atoms with Crippen molar-refractivity contribution in [3.63, 3.8) is 0 Å². The quantitative estimate of drug-likeness (QED) is 0.107. The Balaban J connectivity index is 0.00000684. The molecule has 214 valence electrons. The van der Waals surface area contributed by atoms with Crippen LogP contribution in [-0.4, -0.2) is 58.1 Å². The number of nitrogens with zero attached hydrogens (tertiary/aromatic N) is 4. The Kier molecular flexibility index (Phi) is 16.8. The molecule has 2 aromatic carbocycles. The summed E-state index contributed by atoms with van der Waals surface area (Å²) in [7, 11) is 0. The van der Waals surface area contributed by atoms with E-state index >= 15 is 0 Å². The van der Waals surface area contributed by atoms with Crippen molar-refractivity contribution >= 4 is 11.4 Å². The zero-order chi connectivity index (χ0) is 26.6. The molecule has 0 spiro atoms. The maximum atomic E-state index is 10.9. The van der Waals surface area contributed by atoms with Crippen molar-refractivity contribution in [2.45, 2.75) is 66.5 Å². The lowest BCUT2D eigenvalue weighted by Crippen LogP contribution is -3.00. The predicted molar refractivity (Wildman–Crippen MR) is 144 cm³/mol. The summed E-state index contributed by atoms with van der Waals surface area (Å²) in [5.41, 5.74) is 2.60. The summed E-state index contributed by atoms with van der Waals surface area (Å²) < 4.78 is 2.00. The molecule has 0 saturated carbocycles. The van der Waals surface area contributed by atoms with Gasteiger partial charge >= 0.3 is 0 Å². The molecule has 0 saturated heterocycles. The van der Waals surface area contributed by atoms with E-state index in [0.29, 0.717) is 0 Å². The zero-order valence-electron chi connectivity index (χ0n) is 23.3. The first-order chi connectivity index (χ1) is 17.2. The third-order valence-electron chi connectivity index (χ3n) is 8.03. The summed E-state index contributed by atoms with van der Waals surface area (Å²) in [5, 5.41) is 21.9. The summed E-state index contributed by atoms with van der Waals surface area (Å²) in [6, 6.07) is 14.0. The largest absolute Gasteiger partial charge is 1.00 e. The van der Waals surface area contributed by atoms with Gasteiger partial charge in [-0.2, -0.15) is 0 Å². The van der Waals surface area contributed by atoms with Gasteiger partial charge in [-0.05, 0) is 77.6 Å². The lowest BCUT2D eigenvalue weighted by atomic mass is 10.1. The summed E-state index contributed by atoms with van der Waals surface area (Å²) in [6.07, 6.45) is 4.75. The molecule has 2 aromatic rings. The molecular weight excluding hydrogens is 616 g/mol. The third-order valence-corrected chi connectivity index (χ3v) is 8.03. The Bertz CT molecular complexity index is 884. The SMILES string of the molecule is CC[N+](CC)(CCCCCC[N+](CC)(CC)Cc1ccc([N+](=O)[O-])cc1)Cc1ccc([N+](=O)[O-])cc1.[Br-].[Br-]. The minimum absolute atomic E-state index is 0. The second kappa shape index (κ2) is 17.7. The van der Waals surface area contributed by atoms with Crippen LogP contribution in [0.15, 0.2) is 48.5 Å². The van der Waals surface area contributed by atoms with E-state index in [9.17, 15) is 20.2 Å². The summed E-state index contributed by atoms with van der Waals surface area (Å²) in [6.45, 7) is 17.2. The molecule has 2 rings (SSSR count). The van der Waals surface area contributed by atoms with Crippen LogP contribution in [0.25, 0.3) is 0 Å². The van der Waals surface area contributed by atoms with Crippen LogP contribution in [0.2, 0.25) is 0 Å². The van der Waals surface area contributed by atoms with Gasteiger partial charge in [0.2, 0.25) is 0 Å². The van der Waals surface area contributed by atoms with Crippen molar-refractivity contribution in [2.75, 3.05) is 39.3 Å². The first kappa shape index (κ1) is 36.1. The molecule has 0 aromatic heterocycles. The standard InChI is InChI=1S/C28H44N4O4.2BrH/c1-5-31(6-2,23-25-13-17-27(18-14-25)29(33)34)21-11-9-10-12-22-32(7-3,8-4)24-26-15-19-28(20-16-26)30(35)36;;/h13-20H,5-12,21-24H2,1-4H3;2*1H/q+2;;/p-2. The van der Waals surface area contributed by atoms with E-state index in [1.165, 1.54) is 25.7 Å². The number of unbranched alkanes of at least 4 members (excludes halogenated alkanes) is 3. The van der Waals surface area contributed by atoms with Gasteiger partial charge in [-0.3, -0.25) is 20.2 Å². The van der Waals surface area contributed by atoms with E-state index in [-0.39, 0.29) is 55.2 Å². The van der Waals surface area contributed by atoms with E-state index in [1.54, 1.807) is 24.3 Å². The smallest absolute Gasteiger partial charge is 0.269 e. The lowest BCUT2D eigenvalue weighted by molar-refractivity contribution is -0.938. The average Bonchev–Trinajstić information content (AvgIpc) is 2.89. The summed E-state index contributed by atoms with van der Waals surface area (Å²) in [4.78, 5) is 21.2. The van der Waals surface area contributed by atoms with E-state index in [0.717, 1.165) is 72.5 Å². The summed E-state index contributed by atoms with van der Waals surface area (Å²) in [5.74, 6) is 0. The second-order valence-corrected chi connectivity index (χ2v) is 9.97. The third kappa shape index (κ3) is 10.7. The fourth-order valence-corrected chi connectivity index (χ4v) is 5.15. The van der Waals surface area contributed by atoms with Crippen molar-refractivity contribution in [1.82, 2.24) is 0 Å². The van der Waals surface area contributed by atoms with E-state index in [4.69, 9.17) is 0 Å². The van der Waals surface area contributed by atoms with E-state index in [1.807, 2.05) is 24.3 Å². The number of nitro benzene ring substituents is 2. The number of non-ortho nitro benzene ring substituents is 2. The van der Waals surface area contributed by atoms with Crippen LogP contribution in [0, 0.1) is 20.2 Å². The molecule has 0 bridgehead atoms. The van der Waals surface area contributed by atoms with Crippen LogP contribution in [0.1, 0.15) is 64.5 Å². The van der Waals surface area contributed by atoms with Crippen molar-refractivity contribution in [3.05, 3.63) is 79.9 Å². The monoisotopic (exact) mass is 658 g/mol. The molecule has 0 amide bonds. The highest BCUT2D eigenvalue weighted by Crippen LogP contribution is 2.21. The molecule has 0 heterocycles. The highest BCUT2D eigenvalue weighted by molar-refractivity contribution is 5.33. The van der Waals surface area contributed by atoms with Crippen molar-refractivity contribution in [3.8, 4) is 0 Å². The first-order valence-corrected chi connectivity index (χ1v) is 13.4. The lowest BCUT2D eigenvalue weighted by Gasteiger charge is -2.38. The highest BCUT2D eigenvalue weighted by atomic mass is 79.9. The van der Waals surface area contributed by atoms with Crippen LogP contribution in [0.3, 0.4) is 0 Å². The molecule has 0 atom stereocenters. The fourth-order valence-electron chi connectivity index (χ4n) is 5.15. The van der Waals surface area contributed by atoms with Gasteiger partial charge in [0, 0.05) is 35.4 Å². The molecule has 0 aliphatic heterocycles. The molecule has 8 nitrogen and oxygen atoms in total. The Morgan fingerprint density at radius 2 is 0.842 bits per heavy atom. The fraction of sp³-hybridized carbons (Fsp3) is 0.571. The van der Waals surface area contributed by atoms with Gasteiger partial charge in [-0.1, -0.05) is 0 Å². The van der Waals surface area contributed by atoms with Crippen LogP contribution in [-0.2, 0) is 13.1 Å². The predicted octanol–water partition coefficient (Wildman–Crippen LogP) is 0.485. The maximum absolute atomic E-state index is 10.9. The minimum Gasteiger partial charge on any atom is -1.00 e. The first-order valence-electron chi connectivity index (χ1n) is 13.4. The number of rotatable bonds is 17. The number of hydrogen-bond donors (Lipinski definition) is 0. The number of benzene rings is 2. The van der Waals surface area contributed by atoms with Gasteiger partial charge in [0.1, 0.15) is 13.1 Å². The number of halogens is 2. The Morgan fingerprint density at radius 3 is 1.08 bits per heavy atom. The second-order valence-electron chi connectivity index (χ2n) is 9.97. The Morgan fingerprint density at radius 1 is 0.553 bits per heavy atom. The van der Waals surface area contributed by atoms with Crippen molar-refractivity contribution < 1.29 is 52.8 Å². The molecular formula is C28H44Br2N4O4. The molecule has 0 N–H and O–H groups in total. The van der Waals surface area contributed by atoms with Crippen LogP contribution in [0.5, 0.6) is 0 Å². The van der Waals surface area contributed by atoms with Crippen molar-refractivity contribution in [1.29, 1.82) is 0 Å². The molecule has 38 heavy (non-hydrogen) atoms. The molecule has 0 unspecified atom stereocenters. The summed E-state index contributed by atoms with van der Waals surface area (Å²) >= 11 is 0. The number of hydrogen-bond acceptors (Lipinski definition) is 4. The van der Waals surface area contributed by atoms with Gasteiger partial charge in [0.05, 0.1) is 49.1 Å². The van der Waals surface area contributed by atoms with Crippen LogP contribution in [0.4, 0.5) is 11.4 Å². The Hall–Kier alpha value is -1.88. The van der Waals surface area contributed by atoms with Gasteiger partial charge < -0.3 is 42.9 Å². The van der Waals surface area contributed by atoms with Gasteiger partial charge in [0.25, 0.3) is 11.4 Å². The number of nitro groups is 2. The van der Waals surface area contributed by atoms with Gasteiger partial charge in [0.15, 0.2) is 0 Å². The number of quaternary nitrogens is 2. The van der Waals surface area contributed by atoms with Gasteiger partial charge in [-0.15, -0.1) is 0 Å². The highest BCUT2D eigenvalue weighted by Gasteiger charge is 2.25. The molecule has 10 heteroatoms. The molecule has 0 aliphatic carbocycles. The normalized spacial score (nSPS) is 11.4. The maximum Gasteiger partial charge on any atom is 0.269 e. The minimum atomic E-state index is -0.345.